The summed E-state index contributed by atoms with van der Waals surface area (Å²) in [6.07, 6.45) is 8.18. The van der Waals surface area contributed by atoms with E-state index in [-0.39, 0.29) is 11.7 Å². The predicted octanol–water partition coefficient (Wildman–Crippen LogP) is 2.59. The molecule has 2 rings (SSSR count). The average Bonchev–Trinajstić information content (AvgIpc) is 2.27. The van der Waals surface area contributed by atoms with E-state index in [0.717, 1.165) is 32.0 Å². The Labute approximate surface area is 90.1 Å². The van der Waals surface area contributed by atoms with E-state index in [1.54, 1.807) is 6.92 Å². The van der Waals surface area contributed by atoms with Crippen LogP contribution in [-0.4, -0.2) is 12.1 Å². The van der Waals surface area contributed by atoms with Gasteiger partial charge in [-0.25, -0.2) is 0 Å². The maximum absolute atomic E-state index is 11.6. The molecule has 1 unspecified atom stereocenters. The molecule has 0 aromatic carbocycles. The highest BCUT2D eigenvalue weighted by molar-refractivity contribution is 5.93. The second kappa shape index (κ2) is 4.13. The second-order valence-electron chi connectivity index (χ2n) is 4.41. The molecule has 0 spiro atoms. The number of carbonyl (C=O) groups is 2. The van der Waals surface area contributed by atoms with Gasteiger partial charge in [-0.1, -0.05) is 17.2 Å². The van der Waals surface area contributed by atoms with Crippen molar-refractivity contribution in [3.05, 3.63) is 22.8 Å². The Morgan fingerprint density at radius 3 is 2.80 bits per heavy atom. The third-order valence-electron chi connectivity index (χ3n) is 3.44. The maximum Gasteiger partial charge on any atom is 0.146 e. The summed E-state index contributed by atoms with van der Waals surface area (Å²) < 4.78 is 0. The lowest BCUT2D eigenvalue weighted by molar-refractivity contribution is -0.120. The van der Waals surface area contributed by atoms with Crippen molar-refractivity contribution in [1.82, 2.24) is 0 Å². The minimum absolute atomic E-state index is 0.113. The molecule has 0 N–H and O–H groups in total. The average molecular weight is 204 g/mol. The SMILES string of the molecule is CC(=O)C1C(C=O)=CCC2=C1CCCC2. The van der Waals surface area contributed by atoms with Crippen LogP contribution in [0.5, 0.6) is 0 Å². The highest BCUT2D eigenvalue weighted by atomic mass is 16.1. The summed E-state index contributed by atoms with van der Waals surface area (Å²) in [5.74, 6) is -0.103. The molecular formula is C13H16O2. The molecule has 0 aromatic heterocycles. The van der Waals surface area contributed by atoms with Crippen LogP contribution in [0.25, 0.3) is 0 Å². The lowest BCUT2D eigenvalue weighted by atomic mass is 9.74. The first-order chi connectivity index (χ1) is 7.24. The van der Waals surface area contributed by atoms with Crippen molar-refractivity contribution in [2.45, 2.75) is 39.0 Å². The predicted molar refractivity (Wildman–Crippen MR) is 58.4 cm³/mol. The third kappa shape index (κ3) is 1.81. The van der Waals surface area contributed by atoms with Crippen LogP contribution >= 0.6 is 0 Å². The molecule has 0 saturated heterocycles. The first-order valence-electron chi connectivity index (χ1n) is 5.60. The smallest absolute Gasteiger partial charge is 0.146 e. The van der Waals surface area contributed by atoms with Crippen LogP contribution in [0.2, 0.25) is 0 Å². The number of carbonyl (C=O) groups excluding carboxylic acids is 2. The van der Waals surface area contributed by atoms with E-state index >= 15 is 0 Å². The summed E-state index contributed by atoms with van der Waals surface area (Å²) in [4.78, 5) is 22.5. The number of hydrogen-bond donors (Lipinski definition) is 0. The number of rotatable bonds is 2. The van der Waals surface area contributed by atoms with Gasteiger partial charge in [0.05, 0.1) is 5.92 Å². The Morgan fingerprint density at radius 2 is 2.13 bits per heavy atom. The monoisotopic (exact) mass is 204 g/mol. The molecule has 15 heavy (non-hydrogen) atoms. The standard InChI is InChI=1S/C13H16O2/c1-9(15)13-11(8-14)7-6-10-4-2-3-5-12(10)13/h7-8,13H,2-6H2,1H3. The number of allylic oxidation sites excluding steroid dienone is 4. The van der Waals surface area contributed by atoms with Crippen molar-refractivity contribution in [3.63, 3.8) is 0 Å². The molecule has 2 heteroatoms. The van der Waals surface area contributed by atoms with Gasteiger partial charge < -0.3 is 0 Å². The van der Waals surface area contributed by atoms with Crippen molar-refractivity contribution in [2.24, 2.45) is 5.92 Å². The molecule has 0 radical (unpaired) electrons. The Kier molecular flexibility index (Phi) is 2.85. The molecule has 2 nitrogen and oxygen atoms in total. The number of hydrogen-bond acceptors (Lipinski definition) is 2. The fourth-order valence-corrected chi connectivity index (χ4v) is 2.73. The van der Waals surface area contributed by atoms with Gasteiger partial charge in [0.25, 0.3) is 0 Å². The number of aldehydes is 1. The summed E-state index contributed by atoms with van der Waals surface area (Å²) >= 11 is 0. The van der Waals surface area contributed by atoms with Gasteiger partial charge in [-0.05, 0) is 39.0 Å². The first kappa shape index (κ1) is 10.3. The van der Waals surface area contributed by atoms with E-state index in [2.05, 4.69) is 0 Å². The van der Waals surface area contributed by atoms with Crippen LogP contribution in [-0.2, 0) is 9.59 Å². The van der Waals surface area contributed by atoms with E-state index in [4.69, 9.17) is 0 Å². The zero-order chi connectivity index (χ0) is 10.8. The molecule has 2 aliphatic carbocycles. The Hall–Kier alpha value is -1.18. The number of ketones is 1. The largest absolute Gasteiger partial charge is 0.299 e. The zero-order valence-corrected chi connectivity index (χ0v) is 9.08. The molecule has 0 saturated carbocycles. The normalized spacial score (nSPS) is 25.7. The van der Waals surface area contributed by atoms with Crippen molar-refractivity contribution >= 4 is 12.1 Å². The maximum atomic E-state index is 11.6. The topological polar surface area (TPSA) is 34.1 Å². The quantitative estimate of drug-likeness (QED) is 0.511. The van der Waals surface area contributed by atoms with Crippen LogP contribution in [0.1, 0.15) is 39.0 Å². The highest BCUT2D eigenvalue weighted by Crippen LogP contribution is 2.38. The summed E-state index contributed by atoms with van der Waals surface area (Å²) in [6.45, 7) is 1.59. The lowest BCUT2D eigenvalue weighted by Crippen LogP contribution is -2.23. The lowest BCUT2D eigenvalue weighted by Gasteiger charge is -2.29. The molecular weight excluding hydrogens is 188 g/mol. The Balaban J connectivity index is 2.37. The molecule has 0 bridgehead atoms. The van der Waals surface area contributed by atoms with Gasteiger partial charge in [0.2, 0.25) is 0 Å². The van der Waals surface area contributed by atoms with E-state index < -0.39 is 0 Å². The van der Waals surface area contributed by atoms with Crippen LogP contribution in [0.4, 0.5) is 0 Å². The molecule has 0 aliphatic heterocycles. The summed E-state index contributed by atoms with van der Waals surface area (Å²) in [7, 11) is 0. The minimum Gasteiger partial charge on any atom is -0.299 e. The Morgan fingerprint density at radius 1 is 1.40 bits per heavy atom. The van der Waals surface area contributed by atoms with Crippen molar-refractivity contribution in [1.29, 1.82) is 0 Å². The van der Waals surface area contributed by atoms with Crippen LogP contribution in [0, 0.1) is 5.92 Å². The molecule has 0 heterocycles. The second-order valence-corrected chi connectivity index (χ2v) is 4.41. The molecule has 80 valence electrons. The van der Waals surface area contributed by atoms with Gasteiger partial charge in [0, 0.05) is 5.57 Å². The van der Waals surface area contributed by atoms with Gasteiger partial charge in [-0.15, -0.1) is 0 Å². The molecule has 0 amide bonds. The third-order valence-corrected chi connectivity index (χ3v) is 3.44. The Bertz CT molecular complexity index is 361. The number of Topliss-reactive ketones (excluding diaryl/α,β-unsaturated/α-hetero) is 1. The van der Waals surface area contributed by atoms with Crippen molar-refractivity contribution in [2.75, 3.05) is 0 Å². The molecule has 0 aromatic rings. The van der Waals surface area contributed by atoms with Crippen LogP contribution in [0.15, 0.2) is 22.8 Å². The van der Waals surface area contributed by atoms with Crippen LogP contribution in [0.3, 0.4) is 0 Å². The van der Waals surface area contributed by atoms with Gasteiger partial charge in [-0.3, -0.25) is 9.59 Å². The van der Waals surface area contributed by atoms with Gasteiger partial charge in [0.15, 0.2) is 0 Å². The van der Waals surface area contributed by atoms with Gasteiger partial charge in [0.1, 0.15) is 12.1 Å². The van der Waals surface area contributed by atoms with Gasteiger partial charge >= 0.3 is 0 Å². The first-order valence-corrected chi connectivity index (χ1v) is 5.60. The van der Waals surface area contributed by atoms with Crippen molar-refractivity contribution < 1.29 is 9.59 Å². The van der Waals surface area contributed by atoms with Crippen LogP contribution < -0.4 is 0 Å². The van der Waals surface area contributed by atoms with E-state index in [1.807, 2.05) is 6.08 Å². The van der Waals surface area contributed by atoms with E-state index in [0.29, 0.717) is 5.57 Å². The summed E-state index contributed by atoms with van der Waals surface area (Å²) in [6, 6.07) is 0. The minimum atomic E-state index is -0.216. The summed E-state index contributed by atoms with van der Waals surface area (Å²) in [5.41, 5.74) is 3.34. The highest BCUT2D eigenvalue weighted by Gasteiger charge is 2.29. The van der Waals surface area contributed by atoms with Gasteiger partial charge in [-0.2, -0.15) is 0 Å². The molecule has 2 aliphatic rings. The fraction of sp³-hybridized carbons (Fsp3) is 0.538. The molecule has 1 atom stereocenters. The van der Waals surface area contributed by atoms with Crippen molar-refractivity contribution in [3.8, 4) is 0 Å². The zero-order valence-electron chi connectivity index (χ0n) is 9.08. The molecule has 0 fully saturated rings. The fourth-order valence-electron chi connectivity index (χ4n) is 2.73. The van der Waals surface area contributed by atoms with E-state index in [9.17, 15) is 9.59 Å². The summed E-state index contributed by atoms with van der Waals surface area (Å²) in [5, 5.41) is 0. The van der Waals surface area contributed by atoms with E-state index in [1.165, 1.54) is 17.6 Å².